The summed E-state index contributed by atoms with van der Waals surface area (Å²) in [7, 11) is 0. The van der Waals surface area contributed by atoms with E-state index in [-0.39, 0.29) is 5.92 Å². The van der Waals surface area contributed by atoms with Crippen molar-refractivity contribution in [3.8, 4) is 11.5 Å². The quantitative estimate of drug-likeness (QED) is 0.866. The summed E-state index contributed by atoms with van der Waals surface area (Å²) in [5.41, 5.74) is 6.76. The second kappa shape index (κ2) is 4.93. The van der Waals surface area contributed by atoms with E-state index < -0.39 is 0 Å². The monoisotopic (exact) mass is 241 g/mol. The molecule has 1 unspecified atom stereocenters. The highest BCUT2D eigenvalue weighted by Crippen LogP contribution is 2.42. The first-order valence-corrected chi connectivity index (χ1v) is 5.90. The number of ether oxygens (including phenoxy) is 2. The average molecular weight is 242 g/mol. The molecule has 0 fully saturated rings. The Labute approximate surface area is 100 Å². The van der Waals surface area contributed by atoms with E-state index >= 15 is 0 Å². The minimum Gasteiger partial charge on any atom is -0.489 e. The number of fused-ring (bicyclic) bond motifs is 1. The maximum absolute atomic E-state index is 6.10. The van der Waals surface area contributed by atoms with Crippen LogP contribution in [0.3, 0.4) is 0 Å². The summed E-state index contributed by atoms with van der Waals surface area (Å²) >= 11 is 6.10. The van der Waals surface area contributed by atoms with E-state index in [2.05, 4.69) is 6.92 Å². The zero-order valence-electron chi connectivity index (χ0n) is 9.33. The van der Waals surface area contributed by atoms with Gasteiger partial charge >= 0.3 is 0 Å². The van der Waals surface area contributed by atoms with Crippen LogP contribution in [0.1, 0.15) is 24.8 Å². The molecule has 1 atom stereocenters. The third-order valence-electron chi connectivity index (χ3n) is 2.76. The van der Waals surface area contributed by atoms with Crippen molar-refractivity contribution < 1.29 is 9.47 Å². The molecule has 0 bridgehead atoms. The van der Waals surface area contributed by atoms with Crippen molar-refractivity contribution in [2.45, 2.75) is 19.3 Å². The van der Waals surface area contributed by atoms with Crippen LogP contribution in [-0.2, 0) is 0 Å². The summed E-state index contributed by atoms with van der Waals surface area (Å²) < 4.78 is 11.3. The van der Waals surface area contributed by atoms with Crippen LogP contribution in [-0.4, -0.2) is 19.8 Å². The van der Waals surface area contributed by atoms with Crippen LogP contribution < -0.4 is 15.2 Å². The maximum atomic E-state index is 6.10. The van der Waals surface area contributed by atoms with Gasteiger partial charge in [0.1, 0.15) is 0 Å². The highest BCUT2D eigenvalue weighted by atomic mass is 35.5. The van der Waals surface area contributed by atoms with Gasteiger partial charge in [0.05, 0.1) is 18.2 Å². The summed E-state index contributed by atoms with van der Waals surface area (Å²) in [6.07, 6.45) is 0.876. The zero-order valence-corrected chi connectivity index (χ0v) is 10.1. The SMILES string of the molecule is CC(CN)c1ccc(Cl)c2c1OCCCO2. The standard InChI is InChI=1S/C12H16ClNO2/c1-8(7-14)9-3-4-10(13)12-11(9)15-5-2-6-16-12/h3-4,8H,2,5-7,14H2,1H3. The Morgan fingerprint density at radius 3 is 2.69 bits per heavy atom. The number of benzene rings is 1. The van der Waals surface area contributed by atoms with Gasteiger partial charge in [0, 0.05) is 12.0 Å². The Balaban J connectivity index is 2.47. The lowest BCUT2D eigenvalue weighted by molar-refractivity contribution is 0.295. The molecule has 2 N–H and O–H groups in total. The predicted molar refractivity (Wildman–Crippen MR) is 64.5 cm³/mol. The summed E-state index contributed by atoms with van der Waals surface area (Å²) in [5, 5.41) is 0.602. The van der Waals surface area contributed by atoms with Crippen LogP contribution in [0.25, 0.3) is 0 Å². The largest absolute Gasteiger partial charge is 0.489 e. The van der Waals surface area contributed by atoms with Gasteiger partial charge in [-0.05, 0) is 18.5 Å². The first-order valence-electron chi connectivity index (χ1n) is 5.52. The van der Waals surface area contributed by atoms with Gasteiger partial charge in [-0.25, -0.2) is 0 Å². The Bertz CT molecular complexity index is 382. The third-order valence-corrected chi connectivity index (χ3v) is 3.06. The molecular formula is C12H16ClNO2. The lowest BCUT2D eigenvalue weighted by atomic mass is 10.00. The molecule has 88 valence electrons. The van der Waals surface area contributed by atoms with Crippen LogP contribution in [0, 0.1) is 0 Å². The maximum Gasteiger partial charge on any atom is 0.180 e. The second-order valence-corrected chi connectivity index (χ2v) is 4.39. The number of halogens is 1. The van der Waals surface area contributed by atoms with Crippen molar-refractivity contribution in [1.82, 2.24) is 0 Å². The van der Waals surface area contributed by atoms with Crippen LogP contribution in [0.4, 0.5) is 0 Å². The van der Waals surface area contributed by atoms with E-state index in [4.69, 9.17) is 26.8 Å². The smallest absolute Gasteiger partial charge is 0.180 e. The Kier molecular flexibility index (Phi) is 3.56. The number of hydrogen-bond acceptors (Lipinski definition) is 3. The molecule has 4 heteroatoms. The third kappa shape index (κ3) is 2.11. The van der Waals surface area contributed by atoms with Crippen molar-refractivity contribution in [2.75, 3.05) is 19.8 Å². The molecule has 0 aromatic heterocycles. The fourth-order valence-electron chi connectivity index (χ4n) is 1.76. The van der Waals surface area contributed by atoms with Gasteiger partial charge in [0.15, 0.2) is 11.5 Å². The molecule has 1 heterocycles. The van der Waals surface area contributed by atoms with Gasteiger partial charge in [0.2, 0.25) is 0 Å². The van der Waals surface area contributed by atoms with Crippen molar-refractivity contribution >= 4 is 11.6 Å². The molecule has 0 aliphatic carbocycles. The first kappa shape index (κ1) is 11.6. The van der Waals surface area contributed by atoms with Gasteiger partial charge < -0.3 is 15.2 Å². The van der Waals surface area contributed by atoms with Crippen LogP contribution in [0.15, 0.2) is 12.1 Å². The molecule has 0 saturated heterocycles. The lowest BCUT2D eigenvalue weighted by Crippen LogP contribution is -2.10. The van der Waals surface area contributed by atoms with Crippen molar-refractivity contribution in [3.05, 3.63) is 22.7 Å². The van der Waals surface area contributed by atoms with E-state index in [0.29, 0.717) is 30.5 Å². The highest BCUT2D eigenvalue weighted by Gasteiger charge is 2.20. The molecule has 1 aromatic carbocycles. The van der Waals surface area contributed by atoms with E-state index in [1.807, 2.05) is 12.1 Å². The second-order valence-electron chi connectivity index (χ2n) is 3.98. The summed E-state index contributed by atoms with van der Waals surface area (Å²) in [5.74, 6) is 1.67. The van der Waals surface area contributed by atoms with E-state index in [0.717, 1.165) is 17.7 Å². The van der Waals surface area contributed by atoms with Gasteiger partial charge in [-0.1, -0.05) is 24.6 Å². The lowest BCUT2D eigenvalue weighted by Gasteiger charge is -2.17. The summed E-state index contributed by atoms with van der Waals surface area (Å²) in [6, 6.07) is 3.81. The minimum absolute atomic E-state index is 0.243. The number of hydrogen-bond donors (Lipinski definition) is 1. The number of rotatable bonds is 2. The molecule has 0 spiro atoms. The van der Waals surface area contributed by atoms with Crippen molar-refractivity contribution in [2.24, 2.45) is 5.73 Å². The van der Waals surface area contributed by atoms with Gasteiger partial charge in [-0.15, -0.1) is 0 Å². The number of nitrogens with two attached hydrogens (primary N) is 1. The topological polar surface area (TPSA) is 44.5 Å². The minimum atomic E-state index is 0.243. The van der Waals surface area contributed by atoms with Crippen LogP contribution in [0.2, 0.25) is 5.02 Å². The van der Waals surface area contributed by atoms with Gasteiger partial charge in [0.25, 0.3) is 0 Å². The fourth-order valence-corrected chi connectivity index (χ4v) is 1.96. The summed E-state index contributed by atoms with van der Waals surface area (Å²) in [4.78, 5) is 0. The van der Waals surface area contributed by atoms with Gasteiger partial charge in [-0.2, -0.15) is 0 Å². The molecule has 1 aromatic rings. The molecule has 1 aliphatic heterocycles. The van der Waals surface area contributed by atoms with E-state index in [1.54, 1.807) is 0 Å². The van der Waals surface area contributed by atoms with Crippen molar-refractivity contribution in [3.63, 3.8) is 0 Å². The molecular weight excluding hydrogens is 226 g/mol. The van der Waals surface area contributed by atoms with E-state index in [1.165, 1.54) is 0 Å². The normalized spacial score (nSPS) is 16.7. The Hall–Kier alpha value is -0.930. The average Bonchev–Trinajstić information content (AvgIpc) is 2.55. The Morgan fingerprint density at radius 1 is 1.31 bits per heavy atom. The summed E-state index contributed by atoms with van der Waals surface area (Å²) in [6.45, 7) is 3.96. The van der Waals surface area contributed by atoms with E-state index in [9.17, 15) is 0 Å². The molecule has 3 nitrogen and oxygen atoms in total. The van der Waals surface area contributed by atoms with Crippen molar-refractivity contribution in [1.29, 1.82) is 0 Å². The highest BCUT2D eigenvalue weighted by molar-refractivity contribution is 6.32. The molecule has 1 aliphatic rings. The van der Waals surface area contributed by atoms with Gasteiger partial charge in [-0.3, -0.25) is 0 Å². The Morgan fingerprint density at radius 2 is 2.00 bits per heavy atom. The molecule has 2 rings (SSSR count). The molecule has 0 radical (unpaired) electrons. The molecule has 0 saturated carbocycles. The predicted octanol–water partition coefficient (Wildman–Crippen LogP) is 2.56. The molecule has 0 amide bonds. The zero-order chi connectivity index (χ0) is 11.5. The fraction of sp³-hybridized carbons (Fsp3) is 0.500. The molecule has 16 heavy (non-hydrogen) atoms. The van der Waals surface area contributed by atoms with Crippen LogP contribution >= 0.6 is 11.6 Å². The van der Waals surface area contributed by atoms with Crippen LogP contribution in [0.5, 0.6) is 11.5 Å². The first-order chi connectivity index (χ1) is 7.74.